The summed E-state index contributed by atoms with van der Waals surface area (Å²) in [4.78, 5) is 42.5. The van der Waals surface area contributed by atoms with E-state index < -0.39 is 6.03 Å². The Kier molecular flexibility index (Phi) is 5.33. The molecular formula is C21H24N4O4. The van der Waals surface area contributed by atoms with Crippen molar-refractivity contribution in [2.45, 2.75) is 37.8 Å². The summed E-state index contributed by atoms with van der Waals surface area (Å²) in [6, 6.07) is 9.41. The van der Waals surface area contributed by atoms with Gasteiger partial charge in [-0.25, -0.2) is 4.79 Å². The molecule has 1 saturated heterocycles. The number of carbonyl (C=O) groups is 3. The third-order valence-electron chi connectivity index (χ3n) is 5.45. The predicted molar refractivity (Wildman–Crippen MR) is 106 cm³/mol. The van der Waals surface area contributed by atoms with Crippen LogP contribution in [0.5, 0.6) is 5.75 Å². The van der Waals surface area contributed by atoms with Crippen LogP contribution in [0.25, 0.3) is 10.9 Å². The Morgan fingerprint density at radius 2 is 2.00 bits per heavy atom. The summed E-state index contributed by atoms with van der Waals surface area (Å²) in [5.41, 5.74) is 0.937. The van der Waals surface area contributed by atoms with Crippen LogP contribution in [-0.4, -0.2) is 64.9 Å². The molecule has 0 unspecified atom stereocenters. The zero-order valence-corrected chi connectivity index (χ0v) is 16.3. The van der Waals surface area contributed by atoms with Crippen LogP contribution in [0.2, 0.25) is 0 Å². The van der Waals surface area contributed by atoms with Crippen LogP contribution in [0.1, 0.15) is 25.7 Å². The van der Waals surface area contributed by atoms with Crippen molar-refractivity contribution in [2.75, 3.05) is 20.1 Å². The maximum atomic E-state index is 12.2. The third kappa shape index (κ3) is 4.31. The van der Waals surface area contributed by atoms with Gasteiger partial charge < -0.3 is 15.0 Å². The maximum Gasteiger partial charge on any atom is 0.327 e. The molecule has 1 aromatic carbocycles. The lowest BCUT2D eigenvalue weighted by atomic mass is 9.93. The number of hydrogen-bond donors (Lipinski definition) is 1. The zero-order chi connectivity index (χ0) is 20.4. The monoisotopic (exact) mass is 396 g/mol. The number of nitrogens with one attached hydrogen (secondary N) is 1. The topological polar surface area (TPSA) is 91.8 Å². The molecule has 2 aromatic rings. The van der Waals surface area contributed by atoms with Crippen molar-refractivity contribution >= 4 is 28.7 Å². The number of ether oxygens (including phenoxy) is 1. The number of pyridine rings is 1. The van der Waals surface area contributed by atoms with Crippen molar-refractivity contribution in [2.24, 2.45) is 0 Å². The SMILES string of the molecule is CN1CC(=O)N(CC(=O)NC2CCC(Oc3ccc4ncccc4c3)CC2)C1=O. The first-order valence-corrected chi connectivity index (χ1v) is 9.86. The van der Waals surface area contributed by atoms with Crippen molar-refractivity contribution in [1.82, 2.24) is 20.1 Å². The van der Waals surface area contributed by atoms with Crippen LogP contribution in [-0.2, 0) is 9.59 Å². The van der Waals surface area contributed by atoms with Crippen LogP contribution < -0.4 is 10.1 Å². The summed E-state index contributed by atoms with van der Waals surface area (Å²) in [5, 5.41) is 3.99. The Morgan fingerprint density at radius 1 is 1.21 bits per heavy atom. The lowest BCUT2D eigenvalue weighted by Crippen LogP contribution is -2.46. The highest BCUT2D eigenvalue weighted by molar-refractivity contribution is 6.04. The van der Waals surface area contributed by atoms with Crippen molar-refractivity contribution in [3.8, 4) is 5.75 Å². The number of carbonyl (C=O) groups excluding carboxylic acids is 3. The van der Waals surface area contributed by atoms with Gasteiger partial charge >= 0.3 is 6.03 Å². The van der Waals surface area contributed by atoms with Gasteiger partial charge in [0.1, 0.15) is 18.8 Å². The first-order chi connectivity index (χ1) is 14.0. The molecule has 0 spiro atoms. The molecule has 4 rings (SSSR count). The van der Waals surface area contributed by atoms with Crippen molar-refractivity contribution in [1.29, 1.82) is 0 Å². The molecule has 1 N–H and O–H groups in total. The summed E-state index contributed by atoms with van der Waals surface area (Å²) < 4.78 is 6.12. The lowest BCUT2D eigenvalue weighted by Gasteiger charge is -2.30. The fourth-order valence-corrected chi connectivity index (χ4v) is 3.89. The first-order valence-electron chi connectivity index (χ1n) is 9.86. The highest BCUT2D eigenvalue weighted by atomic mass is 16.5. The van der Waals surface area contributed by atoms with Crippen LogP contribution in [0.4, 0.5) is 4.79 Å². The number of hydrogen-bond acceptors (Lipinski definition) is 5. The van der Waals surface area contributed by atoms with Gasteiger partial charge in [0.2, 0.25) is 5.91 Å². The zero-order valence-electron chi connectivity index (χ0n) is 16.3. The molecule has 0 radical (unpaired) electrons. The first kappa shape index (κ1) is 19.2. The average molecular weight is 396 g/mol. The molecule has 0 atom stereocenters. The van der Waals surface area contributed by atoms with Gasteiger partial charge in [0.05, 0.1) is 11.6 Å². The fourth-order valence-electron chi connectivity index (χ4n) is 3.89. The van der Waals surface area contributed by atoms with Crippen LogP contribution >= 0.6 is 0 Å². The number of nitrogens with zero attached hydrogens (tertiary/aromatic N) is 3. The van der Waals surface area contributed by atoms with Crippen molar-refractivity contribution in [3.05, 3.63) is 36.5 Å². The Balaban J connectivity index is 1.25. The van der Waals surface area contributed by atoms with Gasteiger partial charge in [-0.05, 0) is 49.9 Å². The van der Waals surface area contributed by atoms with E-state index in [2.05, 4.69) is 10.3 Å². The standard InChI is InChI=1S/C21H24N4O4/c1-24-13-20(27)25(21(24)28)12-19(26)23-15-4-6-16(7-5-15)29-17-8-9-18-14(11-17)3-2-10-22-18/h2-3,8-11,15-16H,4-7,12-13H2,1H3,(H,23,26). The Morgan fingerprint density at radius 3 is 2.72 bits per heavy atom. The molecule has 2 fully saturated rings. The minimum absolute atomic E-state index is 0.0272. The molecule has 1 saturated carbocycles. The lowest BCUT2D eigenvalue weighted by molar-refractivity contribution is -0.131. The summed E-state index contributed by atoms with van der Waals surface area (Å²) in [5.74, 6) is 0.192. The number of benzene rings is 1. The van der Waals surface area contributed by atoms with Gasteiger partial charge in [-0.3, -0.25) is 19.5 Å². The molecular weight excluding hydrogens is 372 g/mol. The molecule has 2 aliphatic rings. The van der Waals surface area contributed by atoms with E-state index in [9.17, 15) is 14.4 Å². The summed E-state index contributed by atoms with van der Waals surface area (Å²) in [6.45, 7) is -0.192. The second-order valence-corrected chi connectivity index (χ2v) is 7.64. The van der Waals surface area contributed by atoms with E-state index in [1.54, 1.807) is 13.2 Å². The van der Waals surface area contributed by atoms with Crippen molar-refractivity contribution < 1.29 is 19.1 Å². The van der Waals surface area contributed by atoms with Gasteiger partial charge in [-0.15, -0.1) is 0 Å². The van der Waals surface area contributed by atoms with Gasteiger partial charge in [-0.1, -0.05) is 6.07 Å². The smallest absolute Gasteiger partial charge is 0.327 e. The number of imide groups is 1. The fraction of sp³-hybridized carbons (Fsp3) is 0.429. The minimum atomic E-state index is -0.423. The minimum Gasteiger partial charge on any atom is -0.490 e. The maximum absolute atomic E-state index is 12.2. The molecule has 1 aliphatic carbocycles. The third-order valence-corrected chi connectivity index (χ3v) is 5.45. The normalized spacial score (nSPS) is 22.2. The highest BCUT2D eigenvalue weighted by Crippen LogP contribution is 2.26. The van der Waals surface area contributed by atoms with Gasteiger partial charge in [-0.2, -0.15) is 0 Å². The Labute approximate surface area is 168 Å². The predicted octanol–water partition coefficient (Wildman–Crippen LogP) is 1.94. The van der Waals surface area contributed by atoms with E-state index >= 15 is 0 Å². The van der Waals surface area contributed by atoms with Gasteiger partial charge in [0.15, 0.2) is 0 Å². The quantitative estimate of drug-likeness (QED) is 0.780. The van der Waals surface area contributed by atoms with Crippen LogP contribution in [0, 0.1) is 0 Å². The van der Waals surface area contributed by atoms with E-state index in [0.29, 0.717) is 0 Å². The molecule has 1 aliphatic heterocycles. The Bertz CT molecular complexity index is 939. The van der Waals surface area contributed by atoms with E-state index in [1.807, 2.05) is 30.3 Å². The summed E-state index contributed by atoms with van der Waals surface area (Å²) in [7, 11) is 1.55. The average Bonchev–Trinajstić information content (AvgIpc) is 2.95. The summed E-state index contributed by atoms with van der Waals surface area (Å²) in [6.07, 6.45) is 5.14. The van der Waals surface area contributed by atoms with Gasteiger partial charge in [0.25, 0.3) is 5.91 Å². The second kappa shape index (κ2) is 8.06. The van der Waals surface area contributed by atoms with Crippen molar-refractivity contribution in [3.63, 3.8) is 0 Å². The molecule has 8 heteroatoms. The molecule has 2 heterocycles. The molecule has 4 amide bonds. The molecule has 1 aromatic heterocycles. The number of likely N-dealkylation sites (N-methyl/N-ethyl adjacent to an activating group) is 1. The number of aromatic nitrogens is 1. The molecule has 152 valence electrons. The highest BCUT2D eigenvalue weighted by Gasteiger charge is 2.35. The van der Waals surface area contributed by atoms with Crippen LogP contribution in [0.15, 0.2) is 36.5 Å². The second-order valence-electron chi connectivity index (χ2n) is 7.64. The van der Waals surface area contributed by atoms with E-state index in [-0.39, 0.29) is 37.0 Å². The van der Waals surface area contributed by atoms with E-state index in [1.165, 1.54) is 4.90 Å². The number of fused-ring (bicyclic) bond motifs is 1. The van der Waals surface area contributed by atoms with Crippen LogP contribution in [0.3, 0.4) is 0 Å². The number of rotatable bonds is 5. The molecule has 8 nitrogen and oxygen atoms in total. The largest absolute Gasteiger partial charge is 0.490 e. The van der Waals surface area contributed by atoms with E-state index in [0.717, 1.165) is 47.2 Å². The number of amides is 4. The van der Waals surface area contributed by atoms with E-state index in [4.69, 9.17) is 4.74 Å². The van der Waals surface area contributed by atoms with Gasteiger partial charge in [0, 0.05) is 24.7 Å². The Hall–Kier alpha value is -3.16. The summed E-state index contributed by atoms with van der Waals surface area (Å²) >= 11 is 0. The molecule has 0 bridgehead atoms. The number of urea groups is 1. The molecule has 29 heavy (non-hydrogen) atoms.